The van der Waals surface area contributed by atoms with Gasteiger partial charge in [0.25, 0.3) is 0 Å². The summed E-state index contributed by atoms with van der Waals surface area (Å²) in [5, 5.41) is 21.5. The van der Waals surface area contributed by atoms with E-state index < -0.39 is 22.8 Å². The van der Waals surface area contributed by atoms with Crippen LogP contribution in [-0.4, -0.2) is 38.8 Å². The van der Waals surface area contributed by atoms with Gasteiger partial charge in [-0.2, -0.15) is 0 Å². The quantitative estimate of drug-likeness (QED) is 0.561. The molecule has 2 aliphatic rings. The molecule has 2 rings (SSSR count). The highest BCUT2D eigenvalue weighted by Gasteiger charge is 2.40. The van der Waals surface area contributed by atoms with Gasteiger partial charge in [-0.05, 0) is 51.9 Å². The predicted molar refractivity (Wildman–Crippen MR) is 94.8 cm³/mol. The number of esters is 1. The van der Waals surface area contributed by atoms with Gasteiger partial charge >= 0.3 is 5.97 Å². The SMILES string of the molecule is CC(C)[C@@]1(O)C=C[C@](C)(O)CCC(=O)[C@]2(C)CCC=C(CC1)C(=O)O2. The molecule has 0 fully saturated rings. The van der Waals surface area contributed by atoms with Crippen LogP contribution in [0.1, 0.15) is 66.2 Å². The molecule has 0 unspecified atom stereocenters. The highest BCUT2D eigenvalue weighted by molar-refractivity contribution is 5.94. The molecule has 2 N–H and O–H groups in total. The first-order valence-electron chi connectivity index (χ1n) is 9.08. The van der Waals surface area contributed by atoms with Crippen LogP contribution in [0.2, 0.25) is 0 Å². The zero-order valence-corrected chi connectivity index (χ0v) is 15.7. The van der Waals surface area contributed by atoms with E-state index in [-0.39, 0.29) is 24.5 Å². The molecule has 0 spiro atoms. The summed E-state index contributed by atoms with van der Waals surface area (Å²) >= 11 is 0. The molecule has 0 saturated carbocycles. The molecule has 0 aliphatic carbocycles. The van der Waals surface area contributed by atoms with Crippen LogP contribution in [0.25, 0.3) is 0 Å². The highest BCUT2D eigenvalue weighted by atomic mass is 16.6. The van der Waals surface area contributed by atoms with Gasteiger partial charge in [0.05, 0.1) is 11.2 Å². The van der Waals surface area contributed by atoms with E-state index in [1.807, 2.05) is 19.9 Å². The number of Topliss-reactive ketones (excluding diaryl/α,β-unsaturated/α-hetero) is 1. The topological polar surface area (TPSA) is 83.8 Å². The van der Waals surface area contributed by atoms with Gasteiger partial charge in [0.15, 0.2) is 11.4 Å². The average Bonchev–Trinajstić information content (AvgIpc) is 2.67. The number of rotatable bonds is 1. The predicted octanol–water partition coefficient (Wildman–Crippen LogP) is 2.85. The Bertz CT molecular complexity index is 601. The Hall–Kier alpha value is -1.46. The van der Waals surface area contributed by atoms with Gasteiger partial charge in [-0.15, -0.1) is 0 Å². The molecular weight excluding hydrogens is 320 g/mol. The molecule has 0 saturated heterocycles. The van der Waals surface area contributed by atoms with Crippen LogP contribution in [0.4, 0.5) is 0 Å². The molecule has 0 aromatic carbocycles. The molecule has 2 heterocycles. The molecule has 25 heavy (non-hydrogen) atoms. The van der Waals surface area contributed by atoms with Crippen molar-refractivity contribution in [1.82, 2.24) is 0 Å². The fourth-order valence-electron chi connectivity index (χ4n) is 3.26. The maximum Gasteiger partial charge on any atom is 0.334 e. The summed E-state index contributed by atoms with van der Waals surface area (Å²) in [6, 6.07) is 0. The van der Waals surface area contributed by atoms with Crippen LogP contribution in [0.15, 0.2) is 23.8 Å². The van der Waals surface area contributed by atoms with E-state index in [9.17, 15) is 19.8 Å². The summed E-state index contributed by atoms with van der Waals surface area (Å²) in [6.45, 7) is 7.07. The molecule has 0 aromatic heterocycles. The second-order valence-corrected chi connectivity index (χ2v) is 8.15. The van der Waals surface area contributed by atoms with Crippen molar-refractivity contribution in [2.24, 2.45) is 5.92 Å². The molecule has 2 bridgehead atoms. The third-order valence-electron chi connectivity index (χ3n) is 5.57. The summed E-state index contributed by atoms with van der Waals surface area (Å²) < 4.78 is 5.54. The van der Waals surface area contributed by atoms with Crippen molar-refractivity contribution < 1.29 is 24.5 Å². The van der Waals surface area contributed by atoms with Gasteiger partial charge < -0.3 is 14.9 Å². The second-order valence-electron chi connectivity index (χ2n) is 8.15. The number of hydrogen-bond donors (Lipinski definition) is 2. The zero-order valence-electron chi connectivity index (χ0n) is 15.7. The van der Waals surface area contributed by atoms with Gasteiger partial charge in [0.2, 0.25) is 0 Å². The van der Waals surface area contributed by atoms with E-state index in [2.05, 4.69) is 0 Å². The molecule has 0 aromatic rings. The number of ether oxygens (including phenoxy) is 1. The summed E-state index contributed by atoms with van der Waals surface area (Å²) in [7, 11) is 0. The van der Waals surface area contributed by atoms with E-state index in [0.717, 1.165) is 0 Å². The highest BCUT2D eigenvalue weighted by Crippen LogP contribution is 2.33. The Morgan fingerprint density at radius 2 is 1.72 bits per heavy atom. The molecule has 140 valence electrons. The number of aliphatic hydroxyl groups is 2. The maximum atomic E-state index is 12.6. The molecule has 2 aliphatic heterocycles. The summed E-state index contributed by atoms with van der Waals surface area (Å²) in [5.74, 6) is -0.740. The third-order valence-corrected chi connectivity index (χ3v) is 5.57. The number of carbonyl (C=O) groups is 2. The van der Waals surface area contributed by atoms with Gasteiger partial charge in [-0.3, -0.25) is 4.79 Å². The lowest BCUT2D eigenvalue weighted by atomic mass is 9.82. The lowest BCUT2D eigenvalue weighted by molar-refractivity contribution is -0.162. The van der Waals surface area contributed by atoms with Crippen molar-refractivity contribution in [3.05, 3.63) is 23.8 Å². The minimum absolute atomic E-state index is 0.0843. The van der Waals surface area contributed by atoms with Gasteiger partial charge in [-0.1, -0.05) is 32.1 Å². The van der Waals surface area contributed by atoms with E-state index >= 15 is 0 Å². The van der Waals surface area contributed by atoms with Crippen molar-refractivity contribution in [2.45, 2.75) is 83.0 Å². The van der Waals surface area contributed by atoms with Gasteiger partial charge in [0, 0.05) is 12.0 Å². The average molecular weight is 350 g/mol. The number of hydrogen-bond acceptors (Lipinski definition) is 5. The first-order chi connectivity index (χ1) is 11.5. The molecule has 5 heteroatoms. The summed E-state index contributed by atoms with van der Waals surface area (Å²) in [6.07, 6.45) is 7.07. The van der Waals surface area contributed by atoms with Crippen LogP contribution < -0.4 is 0 Å². The fourth-order valence-corrected chi connectivity index (χ4v) is 3.26. The van der Waals surface area contributed by atoms with Crippen LogP contribution >= 0.6 is 0 Å². The molecule has 0 radical (unpaired) electrons. The summed E-state index contributed by atoms with van der Waals surface area (Å²) in [4.78, 5) is 25.1. The normalized spacial score (nSPS) is 37.6. The molecule has 0 amide bonds. The number of ketones is 1. The lowest BCUT2D eigenvalue weighted by Crippen LogP contribution is -2.40. The Morgan fingerprint density at radius 1 is 1.04 bits per heavy atom. The van der Waals surface area contributed by atoms with Gasteiger partial charge in [-0.25, -0.2) is 4.79 Å². The van der Waals surface area contributed by atoms with Gasteiger partial charge in [0.1, 0.15) is 0 Å². The minimum Gasteiger partial charge on any atom is -0.448 e. The van der Waals surface area contributed by atoms with Crippen molar-refractivity contribution >= 4 is 11.8 Å². The van der Waals surface area contributed by atoms with Crippen molar-refractivity contribution in [1.29, 1.82) is 0 Å². The smallest absolute Gasteiger partial charge is 0.334 e. The molecular formula is C20H30O5. The largest absolute Gasteiger partial charge is 0.448 e. The van der Waals surface area contributed by atoms with E-state index in [4.69, 9.17) is 4.74 Å². The van der Waals surface area contributed by atoms with Crippen molar-refractivity contribution in [3.63, 3.8) is 0 Å². The van der Waals surface area contributed by atoms with Crippen molar-refractivity contribution in [2.75, 3.05) is 0 Å². The third kappa shape index (κ3) is 4.59. The van der Waals surface area contributed by atoms with E-state index in [0.29, 0.717) is 31.3 Å². The fraction of sp³-hybridized carbons (Fsp3) is 0.700. The maximum absolute atomic E-state index is 12.6. The van der Waals surface area contributed by atoms with E-state index in [1.165, 1.54) is 0 Å². The number of allylic oxidation sites excluding steroid dienone is 1. The molecule has 3 atom stereocenters. The first-order valence-corrected chi connectivity index (χ1v) is 9.08. The summed E-state index contributed by atoms with van der Waals surface area (Å²) in [5.41, 5.74) is -2.99. The first kappa shape index (κ1) is 19.9. The Labute approximate surface area is 149 Å². The Balaban J connectivity index is 2.40. The van der Waals surface area contributed by atoms with Crippen LogP contribution in [0, 0.1) is 5.92 Å². The number of carbonyl (C=O) groups excluding carboxylic acids is 2. The Kier molecular flexibility index (Phi) is 5.59. The lowest BCUT2D eigenvalue weighted by Gasteiger charge is -2.30. The Morgan fingerprint density at radius 3 is 2.36 bits per heavy atom. The zero-order chi connectivity index (χ0) is 18.9. The minimum atomic E-state index is -1.21. The molecule has 5 nitrogen and oxygen atoms in total. The van der Waals surface area contributed by atoms with Crippen LogP contribution in [-0.2, 0) is 14.3 Å². The monoisotopic (exact) mass is 350 g/mol. The second kappa shape index (κ2) is 7.04. The number of fused-ring (bicyclic) bond motifs is 3. The van der Waals surface area contributed by atoms with Crippen LogP contribution in [0.3, 0.4) is 0 Å². The van der Waals surface area contributed by atoms with Crippen LogP contribution in [0.5, 0.6) is 0 Å². The van der Waals surface area contributed by atoms with Crippen molar-refractivity contribution in [3.8, 4) is 0 Å². The van der Waals surface area contributed by atoms with E-state index in [1.54, 1.807) is 26.0 Å². The standard InChI is InChI=1S/C20H30O5/c1-14(2)20(24)11-7-15-6-5-9-19(4,25-17(15)22)16(21)8-10-18(3,23)12-13-20/h6,12-14,23-24H,5,7-11H2,1-4H3/t18-,19+,20+/m1/s1.